The molecule has 5 nitrogen and oxygen atoms in total. The van der Waals surface area contributed by atoms with E-state index in [0.29, 0.717) is 22.5 Å². The summed E-state index contributed by atoms with van der Waals surface area (Å²) in [6.45, 7) is 1.96. The van der Waals surface area contributed by atoms with Crippen molar-refractivity contribution < 1.29 is 8.42 Å². The number of hydrogen-bond donors (Lipinski definition) is 1. The van der Waals surface area contributed by atoms with Gasteiger partial charge in [0.25, 0.3) is 0 Å². The maximum Gasteiger partial charge on any atom is 0.245 e. The summed E-state index contributed by atoms with van der Waals surface area (Å²) >= 11 is 0. The second-order valence-electron chi connectivity index (χ2n) is 5.65. The molecule has 3 rings (SSSR count). The summed E-state index contributed by atoms with van der Waals surface area (Å²) in [7, 11) is -1.93. The van der Waals surface area contributed by atoms with Crippen LogP contribution < -0.4 is 5.73 Å². The van der Waals surface area contributed by atoms with E-state index in [0.717, 1.165) is 12.8 Å². The minimum Gasteiger partial charge on any atom is -0.398 e. The molecule has 1 heterocycles. The zero-order valence-electron chi connectivity index (χ0n) is 12.2. The van der Waals surface area contributed by atoms with Gasteiger partial charge in [0.05, 0.1) is 5.52 Å². The molecule has 1 aromatic carbocycles. The fraction of sp³-hybridized carbons (Fsp3) is 0.400. The first-order valence-electron chi connectivity index (χ1n) is 7.04. The van der Waals surface area contributed by atoms with Gasteiger partial charge in [-0.3, -0.25) is 4.98 Å². The van der Waals surface area contributed by atoms with Crippen LogP contribution in [-0.4, -0.2) is 30.8 Å². The van der Waals surface area contributed by atoms with E-state index in [4.69, 9.17) is 5.73 Å². The Balaban J connectivity index is 2.13. The van der Waals surface area contributed by atoms with Crippen LogP contribution >= 0.6 is 0 Å². The fourth-order valence-corrected chi connectivity index (χ4v) is 4.19. The quantitative estimate of drug-likeness (QED) is 0.879. The second-order valence-corrected chi connectivity index (χ2v) is 7.62. The average Bonchev–Trinajstić information content (AvgIpc) is 3.30. The number of nitrogens with zero attached hydrogens (tertiary/aromatic N) is 2. The first-order chi connectivity index (χ1) is 9.93. The van der Waals surface area contributed by atoms with Crippen molar-refractivity contribution in [1.29, 1.82) is 0 Å². The van der Waals surface area contributed by atoms with Crippen LogP contribution in [0.1, 0.15) is 19.8 Å². The van der Waals surface area contributed by atoms with Gasteiger partial charge in [-0.1, -0.05) is 0 Å². The van der Waals surface area contributed by atoms with E-state index in [2.05, 4.69) is 4.98 Å². The number of pyridine rings is 1. The van der Waals surface area contributed by atoms with Gasteiger partial charge in [-0.15, -0.1) is 0 Å². The smallest absolute Gasteiger partial charge is 0.245 e. The molecule has 0 amide bonds. The van der Waals surface area contributed by atoms with Gasteiger partial charge < -0.3 is 5.73 Å². The molecule has 1 saturated carbocycles. The summed E-state index contributed by atoms with van der Waals surface area (Å²) in [5.41, 5.74) is 6.89. The van der Waals surface area contributed by atoms with Crippen LogP contribution in [0.3, 0.4) is 0 Å². The van der Waals surface area contributed by atoms with Crippen LogP contribution in [0, 0.1) is 5.92 Å². The Bertz CT molecular complexity index is 785. The lowest BCUT2D eigenvalue weighted by Gasteiger charge is -2.24. The highest BCUT2D eigenvalue weighted by Gasteiger charge is 2.36. The van der Waals surface area contributed by atoms with E-state index < -0.39 is 10.0 Å². The Hall–Kier alpha value is -1.66. The predicted molar refractivity (Wildman–Crippen MR) is 83.3 cm³/mol. The normalized spacial score (nSPS) is 17.3. The van der Waals surface area contributed by atoms with Gasteiger partial charge in [-0.2, -0.15) is 4.31 Å². The zero-order valence-corrected chi connectivity index (χ0v) is 13.0. The largest absolute Gasteiger partial charge is 0.398 e. The minimum atomic E-state index is -3.57. The van der Waals surface area contributed by atoms with Crippen LogP contribution in [0.25, 0.3) is 10.9 Å². The standard InChI is InChI=1S/C15H19N3O2S/c1-10(11-5-6-11)18(2)21(19,20)14-8-7-13(16)12-4-3-9-17-15(12)14/h3-4,7-11H,5-6,16H2,1-2H3. The molecule has 1 aliphatic carbocycles. The van der Waals surface area contributed by atoms with Crippen molar-refractivity contribution in [3.8, 4) is 0 Å². The van der Waals surface area contributed by atoms with Crippen molar-refractivity contribution >= 4 is 26.6 Å². The lowest BCUT2D eigenvalue weighted by Crippen LogP contribution is -2.36. The number of nitrogen functional groups attached to an aromatic ring is 1. The van der Waals surface area contributed by atoms with Crippen molar-refractivity contribution in [2.24, 2.45) is 5.92 Å². The Morgan fingerprint density at radius 3 is 2.71 bits per heavy atom. The molecule has 0 spiro atoms. The molecule has 1 fully saturated rings. The third kappa shape index (κ3) is 2.38. The highest BCUT2D eigenvalue weighted by atomic mass is 32.2. The SMILES string of the molecule is CC(C1CC1)N(C)S(=O)(=O)c1ccc(N)c2cccnc12. The molecule has 1 aromatic heterocycles. The molecule has 6 heteroatoms. The van der Waals surface area contributed by atoms with Gasteiger partial charge in [-0.05, 0) is 49.9 Å². The number of hydrogen-bond acceptors (Lipinski definition) is 4. The third-order valence-corrected chi connectivity index (χ3v) is 6.28. The van der Waals surface area contributed by atoms with Gasteiger partial charge in [0, 0.05) is 30.4 Å². The van der Waals surface area contributed by atoms with Crippen LogP contribution in [0.5, 0.6) is 0 Å². The van der Waals surface area contributed by atoms with E-state index in [1.807, 2.05) is 6.92 Å². The Labute approximate surface area is 124 Å². The lowest BCUT2D eigenvalue weighted by atomic mass is 10.2. The molecular weight excluding hydrogens is 286 g/mol. The fourth-order valence-electron chi connectivity index (χ4n) is 2.63. The Morgan fingerprint density at radius 2 is 2.05 bits per heavy atom. The summed E-state index contributed by atoms with van der Waals surface area (Å²) in [5, 5.41) is 0.672. The van der Waals surface area contributed by atoms with Gasteiger partial charge >= 0.3 is 0 Å². The molecule has 1 unspecified atom stereocenters. The molecule has 1 aliphatic rings. The first-order valence-corrected chi connectivity index (χ1v) is 8.48. The van der Waals surface area contributed by atoms with Crippen molar-refractivity contribution in [2.45, 2.75) is 30.7 Å². The van der Waals surface area contributed by atoms with Crippen molar-refractivity contribution in [1.82, 2.24) is 9.29 Å². The van der Waals surface area contributed by atoms with Crippen LogP contribution in [0.15, 0.2) is 35.4 Å². The number of aromatic nitrogens is 1. The van der Waals surface area contributed by atoms with E-state index in [1.54, 1.807) is 37.5 Å². The topological polar surface area (TPSA) is 76.3 Å². The lowest BCUT2D eigenvalue weighted by molar-refractivity contribution is 0.357. The number of fused-ring (bicyclic) bond motifs is 1. The highest BCUT2D eigenvalue weighted by Crippen LogP contribution is 2.37. The van der Waals surface area contributed by atoms with E-state index >= 15 is 0 Å². The number of sulfonamides is 1. The van der Waals surface area contributed by atoms with Gasteiger partial charge in [0.1, 0.15) is 4.90 Å². The number of rotatable bonds is 4. The van der Waals surface area contributed by atoms with Crippen LogP contribution in [0.2, 0.25) is 0 Å². The van der Waals surface area contributed by atoms with Crippen molar-refractivity contribution in [3.63, 3.8) is 0 Å². The third-order valence-electron chi connectivity index (χ3n) is 4.30. The molecule has 21 heavy (non-hydrogen) atoms. The maximum absolute atomic E-state index is 12.9. The summed E-state index contributed by atoms with van der Waals surface area (Å²) in [4.78, 5) is 4.45. The van der Waals surface area contributed by atoms with Gasteiger partial charge in [0.2, 0.25) is 10.0 Å². The monoisotopic (exact) mass is 305 g/mol. The van der Waals surface area contributed by atoms with Gasteiger partial charge in [0.15, 0.2) is 0 Å². The van der Waals surface area contributed by atoms with E-state index in [-0.39, 0.29) is 10.9 Å². The zero-order chi connectivity index (χ0) is 15.2. The predicted octanol–water partition coefficient (Wildman–Crippen LogP) is 2.24. The molecule has 112 valence electrons. The highest BCUT2D eigenvalue weighted by molar-refractivity contribution is 7.89. The van der Waals surface area contributed by atoms with Crippen LogP contribution in [-0.2, 0) is 10.0 Å². The van der Waals surface area contributed by atoms with Crippen LogP contribution in [0.4, 0.5) is 5.69 Å². The maximum atomic E-state index is 12.9. The number of benzene rings is 1. The molecular formula is C15H19N3O2S. The summed E-state index contributed by atoms with van der Waals surface area (Å²) in [5.74, 6) is 0.470. The Kier molecular flexibility index (Phi) is 3.37. The molecule has 2 N–H and O–H groups in total. The molecule has 2 aromatic rings. The average molecular weight is 305 g/mol. The van der Waals surface area contributed by atoms with E-state index in [9.17, 15) is 8.42 Å². The molecule has 0 saturated heterocycles. The first kappa shape index (κ1) is 14.3. The second kappa shape index (κ2) is 4.96. The summed E-state index contributed by atoms with van der Waals surface area (Å²) in [6.07, 6.45) is 3.79. The molecule has 0 bridgehead atoms. The molecule has 0 aliphatic heterocycles. The van der Waals surface area contributed by atoms with E-state index in [1.165, 1.54) is 4.31 Å². The van der Waals surface area contributed by atoms with Crippen molar-refractivity contribution in [2.75, 3.05) is 12.8 Å². The minimum absolute atomic E-state index is 0.00585. The summed E-state index contributed by atoms with van der Waals surface area (Å²) < 4.78 is 27.2. The Morgan fingerprint density at radius 1 is 1.33 bits per heavy atom. The van der Waals surface area contributed by atoms with Crippen molar-refractivity contribution in [3.05, 3.63) is 30.5 Å². The summed E-state index contributed by atoms with van der Waals surface area (Å²) in [6, 6.07) is 6.74. The molecule has 0 radical (unpaired) electrons. The number of nitrogens with two attached hydrogens (primary N) is 1. The molecule has 1 atom stereocenters. The number of anilines is 1. The van der Waals surface area contributed by atoms with Gasteiger partial charge in [-0.25, -0.2) is 8.42 Å².